The fourth-order valence-electron chi connectivity index (χ4n) is 2.07. The van der Waals surface area contributed by atoms with Crippen LogP contribution in [0.2, 0.25) is 0 Å². The summed E-state index contributed by atoms with van der Waals surface area (Å²) in [5.41, 5.74) is 1.02. The summed E-state index contributed by atoms with van der Waals surface area (Å²) in [5.74, 6) is 1.41. The average molecular weight is 249 g/mol. The van der Waals surface area contributed by atoms with Gasteiger partial charge in [-0.1, -0.05) is 12.1 Å². The third-order valence-corrected chi connectivity index (χ3v) is 2.87. The summed E-state index contributed by atoms with van der Waals surface area (Å²) in [4.78, 5) is 10.3. The summed E-state index contributed by atoms with van der Waals surface area (Å²) in [7, 11) is 0. The highest BCUT2D eigenvalue weighted by atomic mass is 16.7. The molecule has 0 radical (unpaired) electrons. The van der Waals surface area contributed by atoms with E-state index in [4.69, 9.17) is 9.47 Å². The zero-order chi connectivity index (χ0) is 13.0. The van der Waals surface area contributed by atoms with Crippen LogP contribution in [0.15, 0.2) is 30.9 Å². The average Bonchev–Trinajstić information content (AvgIpc) is 2.75. The summed E-state index contributed by atoms with van der Waals surface area (Å²) in [5, 5.41) is 10.6. The first-order valence-corrected chi connectivity index (χ1v) is 5.80. The summed E-state index contributed by atoms with van der Waals surface area (Å²) >= 11 is 0. The largest absolute Gasteiger partial charge is 0.454 e. The number of nitrogens with zero attached hydrogens (tertiary/aromatic N) is 1. The second-order valence-electron chi connectivity index (χ2n) is 4.30. The lowest BCUT2D eigenvalue weighted by Gasteiger charge is -2.10. The molecule has 0 amide bonds. The van der Waals surface area contributed by atoms with Gasteiger partial charge in [-0.15, -0.1) is 6.58 Å². The molecule has 2 rings (SSSR count). The van der Waals surface area contributed by atoms with Crippen LogP contribution in [0.4, 0.5) is 0 Å². The van der Waals surface area contributed by atoms with E-state index < -0.39 is 0 Å². The molecule has 5 heteroatoms. The number of hydrogen-bond donors (Lipinski definition) is 0. The van der Waals surface area contributed by atoms with Crippen molar-refractivity contribution in [2.75, 3.05) is 13.3 Å². The van der Waals surface area contributed by atoms with Gasteiger partial charge in [-0.25, -0.2) is 0 Å². The smallest absolute Gasteiger partial charge is 0.231 e. The Bertz CT molecular complexity index is 458. The van der Waals surface area contributed by atoms with Gasteiger partial charge in [0, 0.05) is 10.8 Å². The first-order valence-electron chi connectivity index (χ1n) is 5.80. The van der Waals surface area contributed by atoms with E-state index in [0.717, 1.165) is 11.3 Å². The van der Waals surface area contributed by atoms with Gasteiger partial charge in [0.15, 0.2) is 11.5 Å². The van der Waals surface area contributed by atoms with Gasteiger partial charge in [0.05, 0.1) is 0 Å². The zero-order valence-electron chi connectivity index (χ0n) is 10.0. The highest BCUT2D eigenvalue weighted by molar-refractivity contribution is 5.44. The minimum atomic E-state index is -0.277. The van der Waals surface area contributed by atoms with Gasteiger partial charge in [-0.05, 0) is 30.5 Å². The number of allylic oxidation sites excluding steroid dienone is 1. The number of hydrogen-bond acceptors (Lipinski definition) is 4. The molecule has 0 saturated carbocycles. The maximum absolute atomic E-state index is 10.6. The molecular weight excluding hydrogens is 234 g/mol. The Morgan fingerprint density at radius 2 is 2.22 bits per heavy atom. The lowest BCUT2D eigenvalue weighted by molar-refractivity contribution is -0.488. The molecule has 1 aliphatic rings. The highest BCUT2D eigenvalue weighted by Gasteiger charge is 2.18. The van der Waals surface area contributed by atoms with E-state index in [2.05, 4.69) is 6.58 Å². The van der Waals surface area contributed by atoms with Gasteiger partial charge in [0.1, 0.15) is 0 Å². The minimum absolute atomic E-state index is 0.0297. The normalized spacial score (nSPS) is 14.2. The standard InChI is InChI=1S/C13H15NO4/c1-2-3-11(8-14(15)16)6-10-4-5-12-13(7-10)18-9-17-12/h2,4-5,7,11H,1,3,6,8-9H2. The van der Waals surface area contributed by atoms with Gasteiger partial charge in [-0.3, -0.25) is 10.1 Å². The van der Waals surface area contributed by atoms with Crippen molar-refractivity contribution in [1.29, 1.82) is 0 Å². The molecule has 0 bridgehead atoms. The Morgan fingerprint density at radius 1 is 1.44 bits per heavy atom. The van der Waals surface area contributed by atoms with Gasteiger partial charge in [0.2, 0.25) is 13.3 Å². The molecule has 0 saturated heterocycles. The Hall–Kier alpha value is -2.04. The Labute approximate surface area is 105 Å². The van der Waals surface area contributed by atoms with Crippen LogP contribution in [0, 0.1) is 16.0 Å². The molecule has 0 fully saturated rings. The number of fused-ring (bicyclic) bond motifs is 1. The van der Waals surface area contributed by atoms with E-state index >= 15 is 0 Å². The Balaban J connectivity index is 2.06. The molecule has 0 aromatic heterocycles. The van der Waals surface area contributed by atoms with Crippen LogP contribution in [-0.4, -0.2) is 18.3 Å². The molecule has 1 atom stereocenters. The predicted molar refractivity (Wildman–Crippen MR) is 66.4 cm³/mol. The van der Waals surface area contributed by atoms with Crippen LogP contribution >= 0.6 is 0 Å². The van der Waals surface area contributed by atoms with Crippen molar-refractivity contribution < 1.29 is 14.4 Å². The van der Waals surface area contributed by atoms with E-state index in [1.165, 1.54) is 0 Å². The van der Waals surface area contributed by atoms with Crippen LogP contribution < -0.4 is 9.47 Å². The van der Waals surface area contributed by atoms with Crippen molar-refractivity contribution in [3.05, 3.63) is 46.5 Å². The molecule has 0 N–H and O–H groups in total. The van der Waals surface area contributed by atoms with Crippen molar-refractivity contribution in [2.24, 2.45) is 5.92 Å². The van der Waals surface area contributed by atoms with E-state index in [9.17, 15) is 10.1 Å². The van der Waals surface area contributed by atoms with Crippen molar-refractivity contribution in [3.8, 4) is 11.5 Å². The number of ether oxygens (including phenoxy) is 2. The van der Waals surface area contributed by atoms with Gasteiger partial charge >= 0.3 is 0 Å². The van der Waals surface area contributed by atoms with Crippen LogP contribution in [0.25, 0.3) is 0 Å². The molecule has 1 aliphatic heterocycles. The molecule has 0 spiro atoms. The molecule has 18 heavy (non-hydrogen) atoms. The third kappa shape index (κ3) is 3.00. The van der Waals surface area contributed by atoms with Crippen LogP contribution in [0.5, 0.6) is 11.5 Å². The number of rotatable bonds is 6. The SMILES string of the molecule is C=CCC(Cc1ccc2c(c1)OCO2)C[N+](=O)[O-]. The quantitative estimate of drug-likeness (QED) is 0.441. The predicted octanol–water partition coefficient (Wildman–Crippen LogP) is 2.43. The fraction of sp³-hybridized carbons (Fsp3) is 0.385. The van der Waals surface area contributed by atoms with Crippen molar-refractivity contribution >= 4 is 0 Å². The fourth-order valence-corrected chi connectivity index (χ4v) is 2.07. The van der Waals surface area contributed by atoms with Crippen molar-refractivity contribution in [2.45, 2.75) is 12.8 Å². The van der Waals surface area contributed by atoms with E-state index in [-0.39, 0.29) is 24.2 Å². The zero-order valence-corrected chi connectivity index (χ0v) is 10.0. The molecule has 1 aromatic carbocycles. The van der Waals surface area contributed by atoms with Crippen LogP contribution in [-0.2, 0) is 6.42 Å². The van der Waals surface area contributed by atoms with Crippen molar-refractivity contribution in [1.82, 2.24) is 0 Å². The van der Waals surface area contributed by atoms with Gasteiger partial charge in [-0.2, -0.15) is 0 Å². The maximum atomic E-state index is 10.6. The van der Waals surface area contributed by atoms with Gasteiger partial charge < -0.3 is 9.47 Å². The first-order chi connectivity index (χ1) is 8.69. The molecule has 1 aromatic rings. The van der Waals surface area contributed by atoms with E-state index in [0.29, 0.717) is 18.6 Å². The van der Waals surface area contributed by atoms with E-state index in [1.807, 2.05) is 18.2 Å². The second kappa shape index (κ2) is 5.53. The number of benzene rings is 1. The van der Waals surface area contributed by atoms with Crippen LogP contribution in [0.3, 0.4) is 0 Å². The first kappa shape index (κ1) is 12.4. The molecule has 1 unspecified atom stereocenters. The summed E-state index contributed by atoms with van der Waals surface area (Å²) in [6.45, 7) is 3.84. The Morgan fingerprint density at radius 3 is 2.94 bits per heavy atom. The Kier molecular flexibility index (Phi) is 3.82. The van der Waals surface area contributed by atoms with Crippen molar-refractivity contribution in [3.63, 3.8) is 0 Å². The summed E-state index contributed by atoms with van der Waals surface area (Å²) < 4.78 is 10.5. The lowest BCUT2D eigenvalue weighted by atomic mass is 9.96. The minimum Gasteiger partial charge on any atom is -0.454 e. The highest BCUT2D eigenvalue weighted by Crippen LogP contribution is 2.33. The molecule has 1 heterocycles. The monoisotopic (exact) mass is 249 g/mol. The molecule has 5 nitrogen and oxygen atoms in total. The third-order valence-electron chi connectivity index (χ3n) is 2.87. The maximum Gasteiger partial charge on any atom is 0.231 e. The topological polar surface area (TPSA) is 61.6 Å². The van der Waals surface area contributed by atoms with Gasteiger partial charge in [0.25, 0.3) is 0 Å². The molecule has 0 aliphatic carbocycles. The second-order valence-corrected chi connectivity index (χ2v) is 4.30. The van der Waals surface area contributed by atoms with Crippen LogP contribution in [0.1, 0.15) is 12.0 Å². The summed E-state index contributed by atoms with van der Waals surface area (Å²) in [6.07, 6.45) is 3.00. The van der Waals surface area contributed by atoms with E-state index in [1.54, 1.807) is 6.08 Å². The number of nitro groups is 1. The summed E-state index contributed by atoms with van der Waals surface area (Å²) in [6, 6.07) is 5.65. The molecule has 96 valence electrons. The molecular formula is C13H15NO4. The lowest BCUT2D eigenvalue weighted by Crippen LogP contribution is -2.16.